The van der Waals surface area contributed by atoms with E-state index in [4.69, 9.17) is 16.3 Å². The molecule has 0 radical (unpaired) electrons. The Labute approximate surface area is 173 Å². The third-order valence-corrected chi connectivity index (χ3v) is 9.67. The predicted octanol–water partition coefficient (Wildman–Crippen LogP) is 4.56. The number of ether oxygens (including phenoxy) is 1. The maximum atomic E-state index is 12.9. The van der Waals surface area contributed by atoms with Gasteiger partial charge in [0.2, 0.25) is 0 Å². The van der Waals surface area contributed by atoms with Crippen LogP contribution in [0.3, 0.4) is 0 Å². The van der Waals surface area contributed by atoms with Crippen molar-refractivity contribution >= 4 is 29.1 Å². The van der Waals surface area contributed by atoms with Crippen LogP contribution in [-0.2, 0) is 19.1 Å². The molecule has 0 amide bonds. The van der Waals surface area contributed by atoms with Crippen molar-refractivity contribution in [3.8, 4) is 0 Å². The molecule has 0 unspecified atom stereocenters. The Hall–Kier alpha value is -0.900. The summed E-state index contributed by atoms with van der Waals surface area (Å²) in [5.74, 6) is 2.02. The normalized spacial score (nSPS) is 47.6. The summed E-state index contributed by atoms with van der Waals surface area (Å²) < 4.78 is 5.01. The van der Waals surface area contributed by atoms with Crippen LogP contribution in [0.1, 0.15) is 72.1 Å². The lowest BCUT2D eigenvalue weighted by molar-refractivity contribution is -0.151. The topological polar surface area (TPSA) is 60.4 Å². The third kappa shape index (κ3) is 3.05. The zero-order valence-corrected chi connectivity index (χ0v) is 18.1. The molecule has 0 spiro atoms. The van der Waals surface area contributed by atoms with Crippen LogP contribution in [-0.4, -0.2) is 29.5 Å². The van der Waals surface area contributed by atoms with E-state index >= 15 is 0 Å². The fraction of sp³-hybridized carbons (Fsp3) is 0.870. The standard InChI is InChI=1S/C23H33ClO4/c1-13(25)28-12-20(27)21-19(24)11-18-16-5-4-14-10-15(26)6-8-22(14,2)17(16)7-9-23(18,21)3/h14,16-19,21H,4-12H2,1-3H3/t14-,16-,17+,18+,19+,21-,22+,23+/m1/s1. The maximum absolute atomic E-state index is 12.9. The second-order valence-corrected chi connectivity index (χ2v) is 11.0. The third-order valence-electron chi connectivity index (χ3n) is 9.24. The number of Topliss-reactive ketones (excluding diaryl/α,β-unsaturated/α-hetero) is 2. The highest BCUT2D eigenvalue weighted by atomic mass is 35.5. The van der Waals surface area contributed by atoms with Gasteiger partial charge in [-0.15, -0.1) is 11.6 Å². The Morgan fingerprint density at radius 3 is 2.57 bits per heavy atom. The molecule has 0 aliphatic heterocycles. The first kappa shape index (κ1) is 20.4. The molecule has 5 heteroatoms. The Balaban J connectivity index is 1.57. The van der Waals surface area contributed by atoms with Crippen molar-refractivity contribution < 1.29 is 19.1 Å². The zero-order chi connectivity index (χ0) is 20.3. The number of alkyl halides is 1. The van der Waals surface area contributed by atoms with Gasteiger partial charge in [-0.1, -0.05) is 13.8 Å². The van der Waals surface area contributed by atoms with Gasteiger partial charge in [-0.2, -0.15) is 0 Å². The van der Waals surface area contributed by atoms with Crippen LogP contribution in [0.5, 0.6) is 0 Å². The summed E-state index contributed by atoms with van der Waals surface area (Å²) in [4.78, 5) is 36.1. The van der Waals surface area contributed by atoms with Crippen molar-refractivity contribution in [2.45, 2.75) is 77.5 Å². The fourth-order valence-electron chi connectivity index (χ4n) is 7.85. The van der Waals surface area contributed by atoms with Gasteiger partial charge in [0.15, 0.2) is 5.78 Å². The van der Waals surface area contributed by atoms with Crippen LogP contribution in [0.15, 0.2) is 0 Å². The summed E-state index contributed by atoms with van der Waals surface area (Å²) in [5, 5.41) is -0.171. The molecule has 0 bridgehead atoms. The summed E-state index contributed by atoms with van der Waals surface area (Å²) in [6, 6.07) is 0. The molecule has 0 aromatic carbocycles. The molecule has 4 rings (SSSR count). The average Bonchev–Trinajstić information content (AvgIpc) is 2.90. The number of esters is 1. The van der Waals surface area contributed by atoms with Crippen LogP contribution >= 0.6 is 11.6 Å². The predicted molar refractivity (Wildman–Crippen MR) is 107 cm³/mol. The smallest absolute Gasteiger partial charge is 0.303 e. The first-order valence-corrected chi connectivity index (χ1v) is 11.4. The molecule has 0 saturated heterocycles. The number of ketones is 2. The molecule has 0 aromatic rings. The van der Waals surface area contributed by atoms with E-state index in [0.717, 1.165) is 51.4 Å². The van der Waals surface area contributed by atoms with Gasteiger partial charge in [-0.25, -0.2) is 0 Å². The molecule has 156 valence electrons. The van der Waals surface area contributed by atoms with Crippen molar-refractivity contribution in [1.29, 1.82) is 0 Å². The maximum Gasteiger partial charge on any atom is 0.303 e. The molecular weight excluding hydrogens is 376 g/mol. The average molecular weight is 409 g/mol. The van der Waals surface area contributed by atoms with Crippen molar-refractivity contribution in [2.75, 3.05) is 6.61 Å². The summed E-state index contributed by atoms with van der Waals surface area (Å²) >= 11 is 6.77. The van der Waals surface area contributed by atoms with Crippen molar-refractivity contribution in [2.24, 2.45) is 40.4 Å². The van der Waals surface area contributed by atoms with Crippen molar-refractivity contribution in [3.05, 3.63) is 0 Å². The number of carbonyl (C=O) groups is 3. The minimum atomic E-state index is -0.416. The SMILES string of the molecule is CC(=O)OCC(=O)[C@H]1[C@@H](Cl)C[C@H]2[C@@H]3CC[C@@H]4CC(=O)CC[C@]4(C)[C@H]3CC[C@@]21C. The second kappa shape index (κ2) is 7.11. The van der Waals surface area contributed by atoms with Gasteiger partial charge in [0.25, 0.3) is 0 Å². The Morgan fingerprint density at radius 2 is 1.86 bits per heavy atom. The molecule has 0 heterocycles. The Kier molecular flexibility index (Phi) is 5.17. The molecule has 4 nitrogen and oxygen atoms in total. The zero-order valence-electron chi connectivity index (χ0n) is 17.3. The summed E-state index contributed by atoms with van der Waals surface area (Å²) in [6.07, 6.45) is 7.84. The molecule has 0 aromatic heterocycles. The van der Waals surface area contributed by atoms with Gasteiger partial charge >= 0.3 is 5.97 Å². The van der Waals surface area contributed by atoms with Gasteiger partial charge < -0.3 is 4.74 Å². The summed E-state index contributed by atoms with van der Waals surface area (Å²) in [5.41, 5.74) is 0.165. The van der Waals surface area contributed by atoms with E-state index in [0.29, 0.717) is 29.5 Å². The van der Waals surface area contributed by atoms with Crippen LogP contribution in [0, 0.1) is 40.4 Å². The van der Waals surface area contributed by atoms with E-state index in [1.54, 1.807) is 0 Å². The number of carbonyl (C=O) groups excluding carboxylic acids is 3. The monoisotopic (exact) mass is 408 g/mol. The minimum Gasteiger partial charge on any atom is -0.458 e. The molecule has 0 N–H and O–H groups in total. The molecule has 4 saturated carbocycles. The fourth-order valence-corrected chi connectivity index (χ4v) is 8.47. The molecular formula is C23H33ClO4. The molecule has 4 fully saturated rings. The summed E-state index contributed by atoms with van der Waals surface area (Å²) in [6.45, 7) is 5.87. The number of hydrogen-bond donors (Lipinski definition) is 0. The number of hydrogen-bond acceptors (Lipinski definition) is 4. The lowest BCUT2D eigenvalue weighted by Crippen LogP contribution is -2.54. The molecule has 8 atom stereocenters. The highest BCUT2D eigenvalue weighted by Crippen LogP contribution is 2.67. The van der Waals surface area contributed by atoms with Gasteiger partial charge in [0.05, 0.1) is 0 Å². The van der Waals surface area contributed by atoms with E-state index in [9.17, 15) is 14.4 Å². The van der Waals surface area contributed by atoms with E-state index < -0.39 is 5.97 Å². The lowest BCUT2D eigenvalue weighted by atomic mass is 9.44. The van der Waals surface area contributed by atoms with Crippen molar-refractivity contribution in [3.63, 3.8) is 0 Å². The Morgan fingerprint density at radius 1 is 1.11 bits per heavy atom. The van der Waals surface area contributed by atoms with E-state index in [1.165, 1.54) is 6.92 Å². The lowest BCUT2D eigenvalue weighted by Gasteiger charge is -2.60. The van der Waals surface area contributed by atoms with E-state index in [2.05, 4.69) is 13.8 Å². The number of rotatable bonds is 3. The second-order valence-electron chi connectivity index (χ2n) is 10.4. The van der Waals surface area contributed by atoms with Gasteiger partial charge in [-0.3, -0.25) is 14.4 Å². The first-order valence-electron chi connectivity index (χ1n) is 11.0. The molecule has 28 heavy (non-hydrogen) atoms. The summed E-state index contributed by atoms with van der Waals surface area (Å²) in [7, 11) is 0. The van der Waals surface area contributed by atoms with Crippen LogP contribution in [0.2, 0.25) is 0 Å². The highest BCUT2D eigenvalue weighted by Gasteiger charge is 2.63. The Bertz CT molecular complexity index is 690. The van der Waals surface area contributed by atoms with Crippen LogP contribution < -0.4 is 0 Å². The first-order chi connectivity index (χ1) is 13.2. The molecule has 4 aliphatic carbocycles. The number of halogens is 1. The van der Waals surface area contributed by atoms with Crippen molar-refractivity contribution in [1.82, 2.24) is 0 Å². The number of fused-ring (bicyclic) bond motifs is 5. The van der Waals surface area contributed by atoms with Gasteiger partial charge in [0.1, 0.15) is 12.4 Å². The minimum absolute atomic E-state index is 0.0122. The largest absolute Gasteiger partial charge is 0.458 e. The van der Waals surface area contributed by atoms with Crippen LogP contribution in [0.25, 0.3) is 0 Å². The highest BCUT2D eigenvalue weighted by molar-refractivity contribution is 6.22. The van der Waals surface area contributed by atoms with Gasteiger partial charge in [-0.05, 0) is 73.0 Å². The van der Waals surface area contributed by atoms with Gasteiger partial charge in [0, 0.05) is 31.1 Å². The molecule has 4 aliphatic rings. The van der Waals surface area contributed by atoms with E-state index in [1.807, 2.05) is 0 Å². The quantitative estimate of drug-likeness (QED) is 0.507. The van der Waals surface area contributed by atoms with E-state index in [-0.39, 0.29) is 34.5 Å². The van der Waals surface area contributed by atoms with Crippen LogP contribution in [0.4, 0.5) is 0 Å².